The van der Waals surface area contributed by atoms with E-state index in [1.165, 1.54) is 0 Å². The highest BCUT2D eigenvalue weighted by molar-refractivity contribution is 14.0. The average molecular weight is 280 g/mol. The Balaban J connectivity index is 0.000000810. The summed E-state index contributed by atoms with van der Waals surface area (Å²) in [6.45, 7) is 2.01. The van der Waals surface area contributed by atoms with Gasteiger partial charge in [0.2, 0.25) is 0 Å². The van der Waals surface area contributed by atoms with Crippen molar-refractivity contribution in [1.82, 2.24) is 0 Å². The molecule has 0 aromatic carbocycles. The zero-order valence-electron chi connectivity index (χ0n) is 5.81. The van der Waals surface area contributed by atoms with Gasteiger partial charge in [0.05, 0.1) is 0 Å². The van der Waals surface area contributed by atoms with Crippen LogP contribution in [0.1, 0.15) is 12.8 Å². The number of alkyl halides is 2. The molecule has 62 valence electrons. The van der Waals surface area contributed by atoms with Gasteiger partial charge in [-0.2, -0.15) is 0 Å². The highest BCUT2D eigenvalue weighted by Crippen LogP contribution is 2.35. The fourth-order valence-electron chi connectivity index (χ4n) is 1.17. The van der Waals surface area contributed by atoms with Gasteiger partial charge < -0.3 is 0 Å². The van der Waals surface area contributed by atoms with Crippen LogP contribution in [0.4, 0.5) is 8.78 Å². The van der Waals surface area contributed by atoms with Crippen molar-refractivity contribution in [3.63, 3.8) is 0 Å². The maximum atomic E-state index is 12.4. The van der Waals surface area contributed by atoms with Crippen molar-refractivity contribution >= 4 is 32.6 Å². The Kier molecular flexibility index (Phi) is 5.30. The fraction of sp³-hybridized carbons (Fsp3) is 1.00. The zero-order chi connectivity index (χ0) is 6.85. The van der Waals surface area contributed by atoms with Gasteiger partial charge in [0, 0.05) is 0 Å². The standard InChI is InChI=1S/C6H11F2P.HI/c1-9-4-2-5(7)6(8)3-4;/h4-6,9H,2-3H2,1H3;1H/t4-,5+,6-;. The smallest absolute Gasteiger partial charge is 0.132 e. The Hall–Kier alpha value is 1.02. The number of hydrogen-bond acceptors (Lipinski definition) is 0. The van der Waals surface area contributed by atoms with E-state index >= 15 is 0 Å². The van der Waals surface area contributed by atoms with Gasteiger partial charge in [0.1, 0.15) is 12.3 Å². The third-order valence-corrected chi connectivity index (χ3v) is 3.11. The molecule has 1 rings (SSSR count). The van der Waals surface area contributed by atoms with Gasteiger partial charge in [-0.05, 0) is 25.2 Å². The Bertz CT molecular complexity index is 91.7. The van der Waals surface area contributed by atoms with Crippen LogP contribution in [0.2, 0.25) is 0 Å². The molecule has 0 spiro atoms. The summed E-state index contributed by atoms with van der Waals surface area (Å²) in [4.78, 5) is 0. The molecule has 0 N–H and O–H groups in total. The highest BCUT2D eigenvalue weighted by atomic mass is 127. The lowest BCUT2D eigenvalue weighted by atomic mass is 10.3. The number of hydrogen-bond donors (Lipinski definition) is 0. The molecule has 4 heteroatoms. The molecule has 0 aromatic rings. The SMILES string of the molecule is CP[C@H]1C[C@@H](F)[C@@H](F)C1.I. The zero-order valence-corrected chi connectivity index (χ0v) is 9.14. The van der Waals surface area contributed by atoms with Crippen molar-refractivity contribution in [1.29, 1.82) is 0 Å². The Morgan fingerprint density at radius 3 is 1.80 bits per heavy atom. The van der Waals surface area contributed by atoms with E-state index in [0.717, 1.165) is 0 Å². The van der Waals surface area contributed by atoms with Crippen molar-refractivity contribution in [3.05, 3.63) is 0 Å². The predicted molar refractivity (Wildman–Crippen MR) is 52.5 cm³/mol. The molecule has 4 atom stereocenters. The average Bonchev–Trinajstić information content (AvgIpc) is 2.13. The van der Waals surface area contributed by atoms with Crippen molar-refractivity contribution in [3.8, 4) is 0 Å². The van der Waals surface area contributed by atoms with E-state index in [0.29, 0.717) is 27.1 Å². The lowest BCUT2D eigenvalue weighted by molar-refractivity contribution is 0.199. The Morgan fingerprint density at radius 2 is 1.60 bits per heavy atom. The van der Waals surface area contributed by atoms with E-state index in [-0.39, 0.29) is 24.0 Å². The van der Waals surface area contributed by atoms with E-state index in [1.807, 2.05) is 6.66 Å². The molecule has 1 aliphatic rings. The lowest BCUT2D eigenvalue weighted by Gasteiger charge is -2.00. The van der Waals surface area contributed by atoms with Gasteiger partial charge in [0.25, 0.3) is 0 Å². The monoisotopic (exact) mass is 280 g/mol. The molecule has 0 saturated heterocycles. The van der Waals surface area contributed by atoms with E-state index in [2.05, 4.69) is 0 Å². The molecule has 0 radical (unpaired) electrons. The first kappa shape index (κ1) is 11.0. The molecule has 0 nitrogen and oxygen atoms in total. The first-order chi connectivity index (χ1) is 4.24. The molecule has 1 aliphatic carbocycles. The lowest BCUT2D eigenvalue weighted by Crippen LogP contribution is -2.06. The van der Waals surface area contributed by atoms with Gasteiger partial charge in [-0.3, -0.25) is 0 Å². The minimum absolute atomic E-state index is 0. The molecule has 0 amide bonds. The van der Waals surface area contributed by atoms with Crippen LogP contribution >= 0.6 is 32.6 Å². The molecule has 1 fully saturated rings. The number of halogens is 3. The Labute approximate surface area is 78.9 Å². The normalized spacial score (nSPS) is 40.5. The summed E-state index contributed by atoms with van der Waals surface area (Å²) in [5, 5.41) is 0. The highest BCUT2D eigenvalue weighted by Gasteiger charge is 2.33. The maximum absolute atomic E-state index is 12.4. The van der Waals surface area contributed by atoms with Crippen LogP contribution in [0.5, 0.6) is 0 Å². The van der Waals surface area contributed by atoms with Crippen molar-refractivity contribution in [2.45, 2.75) is 30.8 Å². The topological polar surface area (TPSA) is 0 Å². The van der Waals surface area contributed by atoms with Crippen LogP contribution in [-0.2, 0) is 0 Å². The second-order valence-corrected chi connectivity index (χ2v) is 3.88. The van der Waals surface area contributed by atoms with E-state index in [1.54, 1.807) is 0 Å². The van der Waals surface area contributed by atoms with Crippen LogP contribution in [0.3, 0.4) is 0 Å². The van der Waals surface area contributed by atoms with E-state index in [4.69, 9.17) is 0 Å². The quantitative estimate of drug-likeness (QED) is 0.512. The summed E-state index contributed by atoms with van der Waals surface area (Å²) < 4.78 is 24.8. The summed E-state index contributed by atoms with van der Waals surface area (Å²) in [7, 11) is 0.703. The van der Waals surface area contributed by atoms with Gasteiger partial charge in [0.15, 0.2) is 0 Å². The minimum atomic E-state index is -1.16. The maximum Gasteiger partial charge on any atom is 0.132 e. The van der Waals surface area contributed by atoms with Crippen LogP contribution in [0, 0.1) is 0 Å². The van der Waals surface area contributed by atoms with E-state index < -0.39 is 12.3 Å². The molecule has 0 heterocycles. The molecular weight excluding hydrogens is 268 g/mol. The van der Waals surface area contributed by atoms with Crippen molar-refractivity contribution < 1.29 is 8.78 Å². The van der Waals surface area contributed by atoms with Crippen LogP contribution in [0.15, 0.2) is 0 Å². The molecule has 1 saturated carbocycles. The fourth-order valence-corrected chi connectivity index (χ4v) is 2.09. The predicted octanol–water partition coefficient (Wildman–Crippen LogP) is 2.75. The molecule has 0 aliphatic heterocycles. The second kappa shape index (κ2) is 4.81. The number of rotatable bonds is 1. The minimum Gasteiger partial charge on any atom is -0.244 e. The summed E-state index contributed by atoms with van der Waals surface area (Å²) in [6.07, 6.45) is -1.42. The van der Waals surface area contributed by atoms with Gasteiger partial charge in [-0.25, -0.2) is 8.78 Å². The van der Waals surface area contributed by atoms with Crippen LogP contribution < -0.4 is 0 Å². The van der Waals surface area contributed by atoms with Crippen molar-refractivity contribution in [2.75, 3.05) is 6.66 Å². The summed E-state index contributed by atoms with van der Waals surface area (Å²) >= 11 is 0. The molecular formula is C6H12F2IP. The summed E-state index contributed by atoms with van der Waals surface area (Å²) in [5.74, 6) is 0. The first-order valence-electron chi connectivity index (χ1n) is 3.19. The Morgan fingerprint density at radius 1 is 1.20 bits per heavy atom. The third-order valence-electron chi connectivity index (χ3n) is 1.82. The first-order valence-corrected chi connectivity index (χ1v) is 4.77. The van der Waals surface area contributed by atoms with Gasteiger partial charge in [-0.15, -0.1) is 32.6 Å². The van der Waals surface area contributed by atoms with Gasteiger partial charge >= 0.3 is 0 Å². The summed E-state index contributed by atoms with van der Waals surface area (Å²) in [6, 6.07) is 0. The van der Waals surface area contributed by atoms with Gasteiger partial charge in [-0.1, -0.05) is 0 Å². The third kappa shape index (κ3) is 2.57. The van der Waals surface area contributed by atoms with Crippen LogP contribution in [-0.4, -0.2) is 24.7 Å². The van der Waals surface area contributed by atoms with Crippen LogP contribution in [0.25, 0.3) is 0 Å². The molecule has 0 bridgehead atoms. The molecule has 1 unspecified atom stereocenters. The summed E-state index contributed by atoms with van der Waals surface area (Å²) in [5.41, 5.74) is 0.329. The molecule has 10 heavy (non-hydrogen) atoms. The second-order valence-electron chi connectivity index (χ2n) is 2.49. The van der Waals surface area contributed by atoms with E-state index in [9.17, 15) is 8.78 Å². The molecule has 0 aromatic heterocycles. The van der Waals surface area contributed by atoms with Crippen molar-refractivity contribution in [2.24, 2.45) is 0 Å². The largest absolute Gasteiger partial charge is 0.244 e.